The fraction of sp³-hybridized carbons (Fsp3) is 0. The molecule has 0 saturated heterocycles. The maximum atomic E-state index is 9.53. The number of hydrogen-bond donors (Lipinski definition) is 2. The summed E-state index contributed by atoms with van der Waals surface area (Å²) in [7, 11) is 0. The van der Waals surface area contributed by atoms with Crippen molar-refractivity contribution in [3.05, 3.63) is 41.8 Å². The first kappa shape index (κ1) is 10.0. The van der Waals surface area contributed by atoms with E-state index in [0.29, 0.717) is 11.1 Å². The molecule has 0 atom stereocenters. The Hall–Kier alpha value is -2.50. The summed E-state index contributed by atoms with van der Waals surface area (Å²) in [4.78, 5) is 8.70. The highest BCUT2D eigenvalue weighted by atomic mass is 17.3. The third kappa shape index (κ3) is 1.81. The Kier molecular flexibility index (Phi) is 2.73. The standard InChI is InChI=1S/C10H8N2O4/c13-10-9(7-4-2-1-3-5-7)8(6-11-14)12-16-15-10/h1-6,13-14H. The van der Waals surface area contributed by atoms with Crippen molar-refractivity contribution in [2.45, 2.75) is 0 Å². The first-order valence-corrected chi connectivity index (χ1v) is 4.41. The number of hydrogen-bond acceptors (Lipinski definition) is 6. The summed E-state index contributed by atoms with van der Waals surface area (Å²) in [5.74, 6) is -0.434. The molecule has 6 nitrogen and oxygen atoms in total. The maximum absolute atomic E-state index is 9.53. The lowest BCUT2D eigenvalue weighted by molar-refractivity contribution is -0.289. The van der Waals surface area contributed by atoms with Gasteiger partial charge in [0.2, 0.25) is 0 Å². The lowest BCUT2D eigenvalue weighted by Crippen LogP contribution is -2.13. The van der Waals surface area contributed by atoms with Crippen molar-refractivity contribution < 1.29 is 20.2 Å². The van der Waals surface area contributed by atoms with Crippen molar-refractivity contribution in [2.24, 2.45) is 10.3 Å². The molecule has 2 rings (SSSR count). The zero-order valence-corrected chi connectivity index (χ0v) is 8.07. The molecule has 1 heterocycles. The van der Waals surface area contributed by atoms with Gasteiger partial charge in [0.15, 0.2) is 0 Å². The second-order valence-corrected chi connectivity index (χ2v) is 2.93. The molecule has 2 N–H and O–H groups in total. The van der Waals surface area contributed by atoms with Gasteiger partial charge < -0.3 is 10.3 Å². The van der Waals surface area contributed by atoms with Gasteiger partial charge in [0.05, 0.1) is 11.8 Å². The molecule has 0 radical (unpaired) electrons. The molecule has 1 aromatic carbocycles. The monoisotopic (exact) mass is 220 g/mol. The Bertz CT molecular complexity index is 465. The molecule has 0 bridgehead atoms. The zero-order chi connectivity index (χ0) is 11.4. The Morgan fingerprint density at radius 3 is 2.69 bits per heavy atom. The summed E-state index contributed by atoms with van der Waals surface area (Å²) >= 11 is 0. The molecular weight excluding hydrogens is 212 g/mol. The predicted molar refractivity (Wildman–Crippen MR) is 55.9 cm³/mol. The highest BCUT2D eigenvalue weighted by molar-refractivity contribution is 6.50. The molecule has 6 heteroatoms. The molecule has 0 saturated carbocycles. The van der Waals surface area contributed by atoms with E-state index in [2.05, 4.69) is 20.2 Å². The summed E-state index contributed by atoms with van der Waals surface area (Å²) in [5.41, 5.74) is 1.13. The van der Waals surface area contributed by atoms with Crippen LogP contribution in [-0.4, -0.2) is 22.2 Å². The van der Waals surface area contributed by atoms with E-state index < -0.39 is 5.95 Å². The number of rotatable bonds is 2. The second-order valence-electron chi connectivity index (χ2n) is 2.93. The van der Waals surface area contributed by atoms with Crippen LogP contribution in [0.3, 0.4) is 0 Å². The van der Waals surface area contributed by atoms with Crippen LogP contribution < -0.4 is 0 Å². The summed E-state index contributed by atoms with van der Waals surface area (Å²) in [6.45, 7) is 0. The largest absolute Gasteiger partial charge is 0.478 e. The van der Waals surface area contributed by atoms with Crippen molar-refractivity contribution in [3.8, 4) is 0 Å². The topological polar surface area (TPSA) is 83.6 Å². The molecule has 16 heavy (non-hydrogen) atoms. The molecule has 0 aromatic heterocycles. The molecular formula is C10H8N2O4. The summed E-state index contributed by atoms with van der Waals surface area (Å²) in [6, 6.07) is 8.91. The molecule has 1 aliphatic rings. The van der Waals surface area contributed by atoms with Crippen LogP contribution in [-0.2, 0) is 9.88 Å². The van der Waals surface area contributed by atoms with Crippen LogP contribution in [0.4, 0.5) is 0 Å². The zero-order valence-electron chi connectivity index (χ0n) is 8.07. The van der Waals surface area contributed by atoms with Gasteiger partial charge in [-0.05, 0) is 10.7 Å². The number of aliphatic hydroxyl groups is 1. The maximum Gasteiger partial charge on any atom is 0.341 e. The molecule has 0 unspecified atom stereocenters. The van der Waals surface area contributed by atoms with E-state index in [-0.39, 0.29) is 5.71 Å². The molecule has 82 valence electrons. The van der Waals surface area contributed by atoms with Gasteiger partial charge >= 0.3 is 5.95 Å². The van der Waals surface area contributed by atoms with Crippen molar-refractivity contribution in [2.75, 3.05) is 0 Å². The molecule has 1 aromatic rings. The first-order valence-electron chi connectivity index (χ1n) is 4.41. The molecule has 0 aliphatic carbocycles. The lowest BCUT2D eigenvalue weighted by Gasteiger charge is -2.12. The number of allylic oxidation sites excluding steroid dienone is 1. The molecule has 0 amide bonds. The lowest BCUT2D eigenvalue weighted by atomic mass is 10.0. The van der Waals surface area contributed by atoms with E-state index in [1.165, 1.54) is 0 Å². The van der Waals surface area contributed by atoms with Crippen LogP contribution in [0, 0.1) is 0 Å². The van der Waals surface area contributed by atoms with Gasteiger partial charge in [0, 0.05) is 0 Å². The Balaban J connectivity index is 2.47. The SMILES string of the molecule is ON=CC1=NOOC(O)=C1c1ccccc1. The van der Waals surface area contributed by atoms with Crippen LogP contribution in [0.1, 0.15) is 5.56 Å². The Labute approximate surface area is 90.6 Å². The Morgan fingerprint density at radius 2 is 2.00 bits per heavy atom. The predicted octanol–water partition coefficient (Wildman–Crippen LogP) is 1.69. The quantitative estimate of drug-likeness (QED) is 0.344. The van der Waals surface area contributed by atoms with Crippen LogP contribution >= 0.6 is 0 Å². The Morgan fingerprint density at radius 1 is 1.25 bits per heavy atom. The van der Waals surface area contributed by atoms with Gasteiger partial charge in [-0.1, -0.05) is 35.5 Å². The van der Waals surface area contributed by atoms with E-state index in [9.17, 15) is 5.11 Å². The van der Waals surface area contributed by atoms with Gasteiger partial charge in [0.25, 0.3) is 0 Å². The third-order valence-electron chi connectivity index (χ3n) is 1.96. The highest BCUT2D eigenvalue weighted by Gasteiger charge is 2.21. The normalized spacial score (nSPS) is 15.6. The minimum atomic E-state index is -0.434. The first-order chi connectivity index (χ1) is 7.83. The highest BCUT2D eigenvalue weighted by Crippen LogP contribution is 2.22. The minimum Gasteiger partial charge on any atom is -0.478 e. The van der Waals surface area contributed by atoms with E-state index in [1.54, 1.807) is 24.3 Å². The minimum absolute atomic E-state index is 0.164. The average Bonchev–Trinajstić information content (AvgIpc) is 2.31. The van der Waals surface area contributed by atoms with Gasteiger partial charge in [-0.15, -0.1) is 0 Å². The molecule has 0 fully saturated rings. The van der Waals surface area contributed by atoms with Crippen LogP contribution in [0.5, 0.6) is 0 Å². The number of oxime groups is 2. The summed E-state index contributed by atoms with van der Waals surface area (Å²) in [6.07, 6.45) is 1.04. The van der Waals surface area contributed by atoms with E-state index in [0.717, 1.165) is 6.21 Å². The van der Waals surface area contributed by atoms with Gasteiger partial charge in [-0.25, -0.2) is 4.89 Å². The molecule has 0 spiro atoms. The van der Waals surface area contributed by atoms with Crippen molar-refractivity contribution in [3.63, 3.8) is 0 Å². The second kappa shape index (κ2) is 4.35. The third-order valence-corrected chi connectivity index (χ3v) is 1.96. The van der Waals surface area contributed by atoms with Crippen LogP contribution in [0.25, 0.3) is 5.57 Å². The summed E-state index contributed by atoms with van der Waals surface area (Å²) < 4.78 is 0. The average molecular weight is 220 g/mol. The van der Waals surface area contributed by atoms with Gasteiger partial charge in [-0.2, -0.15) is 4.99 Å². The van der Waals surface area contributed by atoms with Crippen molar-refractivity contribution in [1.29, 1.82) is 0 Å². The van der Waals surface area contributed by atoms with E-state index in [4.69, 9.17) is 5.21 Å². The van der Waals surface area contributed by atoms with Crippen molar-refractivity contribution in [1.82, 2.24) is 0 Å². The number of aliphatic hydroxyl groups excluding tert-OH is 1. The smallest absolute Gasteiger partial charge is 0.341 e. The van der Waals surface area contributed by atoms with Crippen LogP contribution in [0.15, 0.2) is 46.6 Å². The van der Waals surface area contributed by atoms with E-state index in [1.807, 2.05) is 6.07 Å². The van der Waals surface area contributed by atoms with Crippen LogP contribution in [0.2, 0.25) is 0 Å². The van der Waals surface area contributed by atoms with Gasteiger partial charge in [-0.3, -0.25) is 0 Å². The number of benzene rings is 1. The van der Waals surface area contributed by atoms with E-state index >= 15 is 0 Å². The molecule has 1 aliphatic heterocycles. The van der Waals surface area contributed by atoms with Crippen molar-refractivity contribution >= 4 is 17.5 Å². The summed E-state index contributed by atoms with van der Waals surface area (Å²) in [5, 5.41) is 24.3. The fourth-order valence-electron chi connectivity index (χ4n) is 1.31. The fourth-order valence-corrected chi connectivity index (χ4v) is 1.31. The number of nitrogens with zero attached hydrogens (tertiary/aromatic N) is 2. The van der Waals surface area contributed by atoms with Gasteiger partial charge in [0.1, 0.15) is 5.71 Å².